The first-order chi connectivity index (χ1) is 15.0. The second-order valence-electron chi connectivity index (χ2n) is 8.04. The molecule has 2 heterocycles. The zero-order valence-electron chi connectivity index (χ0n) is 17.5. The van der Waals surface area contributed by atoms with Gasteiger partial charge in [0.2, 0.25) is 0 Å². The van der Waals surface area contributed by atoms with Gasteiger partial charge in [0, 0.05) is 18.3 Å². The second-order valence-corrected chi connectivity index (χ2v) is 8.04. The number of aromatic nitrogens is 3. The van der Waals surface area contributed by atoms with Crippen LogP contribution in [0.1, 0.15) is 48.5 Å². The highest BCUT2D eigenvalue weighted by Crippen LogP contribution is 2.47. The number of hydrogen-bond donors (Lipinski definition) is 1. The number of anilines is 1. The van der Waals surface area contributed by atoms with E-state index in [1.165, 1.54) is 17.6 Å². The van der Waals surface area contributed by atoms with Crippen molar-refractivity contribution in [1.82, 2.24) is 14.5 Å². The van der Waals surface area contributed by atoms with Gasteiger partial charge in [0.25, 0.3) is 5.56 Å². The average molecular weight is 445 g/mol. The van der Waals surface area contributed by atoms with Gasteiger partial charge in [-0.2, -0.15) is 18.4 Å². The molecular formula is C22H19F4N5O. The molecule has 0 spiro atoms. The second kappa shape index (κ2) is 7.29. The van der Waals surface area contributed by atoms with E-state index in [0.717, 1.165) is 6.07 Å². The number of benzene rings is 1. The highest BCUT2D eigenvalue weighted by atomic mass is 19.4. The van der Waals surface area contributed by atoms with Crippen LogP contribution in [-0.4, -0.2) is 14.5 Å². The monoisotopic (exact) mass is 445 g/mol. The van der Waals surface area contributed by atoms with Gasteiger partial charge < -0.3 is 9.88 Å². The van der Waals surface area contributed by atoms with Crippen LogP contribution in [0.2, 0.25) is 0 Å². The third-order valence-electron chi connectivity index (χ3n) is 5.82. The predicted octanol–water partition coefficient (Wildman–Crippen LogP) is 4.52. The number of nitrogens with zero attached hydrogens (tertiary/aromatic N) is 4. The van der Waals surface area contributed by atoms with Gasteiger partial charge in [-0.05, 0) is 38.8 Å². The Morgan fingerprint density at radius 3 is 2.56 bits per heavy atom. The van der Waals surface area contributed by atoms with Crippen LogP contribution in [0.25, 0.3) is 10.9 Å². The van der Waals surface area contributed by atoms with E-state index in [9.17, 15) is 27.6 Å². The molecule has 2 aromatic heterocycles. The van der Waals surface area contributed by atoms with Crippen LogP contribution in [0.3, 0.4) is 0 Å². The van der Waals surface area contributed by atoms with Crippen LogP contribution in [0.15, 0.2) is 29.1 Å². The molecule has 4 rings (SSSR count). The van der Waals surface area contributed by atoms with Crippen molar-refractivity contribution in [3.8, 4) is 6.07 Å². The van der Waals surface area contributed by atoms with Crippen LogP contribution in [0.4, 0.5) is 23.4 Å². The Hall–Kier alpha value is -3.48. The van der Waals surface area contributed by atoms with E-state index in [1.54, 1.807) is 20.0 Å². The summed E-state index contributed by atoms with van der Waals surface area (Å²) in [6, 6.07) is 6.10. The van der Waals surface area contributed by atoms with Crippen LogP contribution in [-0.2, 0) is 18.6 Å². The Kier molecular flexibility index (Phi) is 4.95. The lowest BCUT2D eigenvalue weighted by atomic mass is 10.0. The first-order valence-electron chi connectivity index (χ1n) is 9.91. The number of rotatable bonds is 4. The van der Waals surface area contributed by atoms with E-state index in [4.69, 9.17) is 0 Å². The van der Waals surface area contributed by atoms with Crippen molar-refractivity contribution >= 4 is 16.7 Å². The van der Waals surface area contributed by atoms with Crippen molar-refractivity contribution in [3.05, 3.63) is 63.1 Å². The summed E-state index contributed by atoms with van der Waals surface area (Å²) in [4.78, 5) is 21.5. The molecule has 0 radical (unpaired) electrons. The van der Waals surface area contributed by atoms with E-state index >= 15 is 0 Å². The molecule has 1 aliphatic carbocycles. The molecule has 1 fully saturated rings. The zero-order chi connectivity index (χ0) is 23.4. The van der Waals surface area contributed by atoms with Gasteiger partial charge in [-0.1, -0.05) is 12.1 Å². The molecule has 0 saturated heterocycles. The van der Waals surface area contributed by atoms with Crippen molar-refractivity contribution < 1.29 is 17.6 Å². The molecule has 10 heteroatoms. The van der Waals surface area contributed by atoms with E-state index in [1.807, 2.05) is 0 Å². The Balaban J connectivity index is 1.84. The standard InChI is InChI=1S/C22H19F4N5O/c1-11(13-5-4-6-15(17(13)23)22(24,25)26)28-19-14-9-16(21(10-27)7-8-21)31(3)20(32)18(14)29-12(2)30-19/h4-6,9,11H,7-8H2,1-3H3,(H,28,29,30)/t11-/m1/s1. The van der Waals surface area contributed by atoms with Crippen molar-refractivity contribution in [3.63, 3.8) is 0 Å². The van der Waals surface area contributed by atoms with Gasteiger partial charge >= 0.3 is 6.18 Å². The summed E-state index contributed by atoms with van der Waals surface area (Å²) in [5.74, 6) is -0.916. The number of aryl methyl sites for hydroxylation is 1. The number of halogens is 4. The predicted molar refractivity (Wildman–Crippen MR) is 109 cm³/mol. The Morgan fingerprint density at radius 1 is 1.28 bits per heavy atom. The van der Waals surface area contributed by atoms with Gasteiger partial charge in [0.1, 0.15) is 23.0 Å². The number of nitrogens with one attached hydrogen (secondary N) is 1. The summed E-state index contributed by atoms with van der Waals surface area (Å²) in [7, 11) is 1.57. The minimum Gasteiger partial charge on any atom is -0.363 e. The summed E-state index contributed by atoms with van der Waals surface area (Å²) in [5.41, 5.74) is -2.09. The molecule has 0 amide bonds. The third kappa shape index (κ3) is 3.47. The van der Waals surface area contributed by atoms with Crippen LogP contribution in [0.5, 0.6) is 0 Å². The van der Waals surface area contributed by atoms with Crippen molar-refractivity contribution in [1.29, 1.82) is 5.26 Å². The van der Waals surface area contributed by atoms with Crippen molar-refractivity contribution in [2.75, 3.05) is 5.32 Å². The quantitative estimate of drug-likeness (QED) is 0.597. The molecule has 6 nitrogen and oxygen atoms in total. The molecule has 1 atom stereocenters. The number of hydrogen-bond acceptors (Lipinski definition) is 5. The zero-order valence-corrected chi connectivity index (χ0v) is 17.5. The van der Waals surface area contributed by atoms with Gasteiger partial charge in [-0.15, -0.1) is 0 Å². The van der Waals surface area contributed by atoms with Crippen molar-refractivity contribution in [2.24, 2.45) is 7.05 Å². The summed E-state index contributed by atoms with van der Waals surface area (Å²) < 4.78 is 55.4. The average Bonchev–Trinajstić information content (AvgIpc) is 3.51. The molecule has 1 aromatic carbocycles. The third-order valence-corrected chi connectivity index (χ3v) is 5.82. The number of nitriles is 1. The molecule has 0 bridgehead atoms. The van der Waals surface area contributed by atoms with E-state index in [-0.39, 0.29) is 22.7 Å². The molecule has 166 valence electrons. The number of pyridine rings is 1. The molecule has 32 heavy (non-hydrogen) atoms. The molecule has 1 N–H and O–H groups in total. The SMILES string of the molecule is Cc1nc(N[C@H](C)c2cccc(C(F)(F)F)c2F)c2cc(C3(C#N)CC3)n(C)c(=O)c2n1. The Bertz CT molecular complexity index is 1340. The van der Waals surface area contributed by atoms with E-state index < -0.39 is 34.6 Å². The van der Waals surface area contributed by atoms with Gasteiger partial charge in [-0.25, -0.2) is 14.4 Å². The maximum atomic E-state index is 14.6. The lowest BCUT2D eigenvalue weighted by Crippen LogP contribution is -2.26. The van der Waals surface area contributed by atoms with Gasteiger partial charge in [0.15, 0.2) is 0 Å². The lowest BCUT2D eigenvalue weighted by Gasteiger charge is -2.20. The summed E-state index contributed by atoms with van der Waals surface area (Å²) >= 11 is 0. The van der Waals surface area contributed by atoms with Crippen LogP contribution < -0.4 is 10.9 Å². The molecule has 1 saturated carbocycles. The largest absolute Gasteiger partial charge is 0.419 e. The Morgan fingerprint density at radius 2 is 1.97 bits per heavy atom. The maximum Gasteiger partial charge on any atom is 0.419 e. The number of alkyl halides is 3. The molecule has 0 unspecified atom stereocenters. The number of fused-ring (bicyclic) bond motifs is 1. The summed E-state index contributed by atoms with van der Waals surface area (Å²) in [6.07, 6.45) is -3.60. The summed E-state index contributed by atoms with van der Waals surface area (Å²) in [5, 5.41) is 12.8. The van der Waals surface area contributed by atoms with Crippen LogP contribution in [0, 0.1) is 24.1 Å². The first-order valence-corrected chi connectivity index (χ1v) is 9.91. The minimum absolute atomic E-state index is 0.108. The fourth-order valence-electron chi connectivity index (χ4n) is 3.89. The van der Waals surface area contributed by atoms with Crippen molar-refractivity contribution in [2.45, 2.75) is 44.3 Å². The topological polar surface area (TPSA) is 83.6 Å². The van der Waals surface area contributed by atoms with Crippen LogP contribution >= 0.6 is 0 Å². The fourth-order valence-corrected chi connectivity index (χ4v) is 3.89. The minimum atomic E-state index is -4.82. The highest BCUT2D eigenvalue weighted by molar-refractivity contribution is 5.89. The van der Waals surface area contributed by atoms with E-state index in [0.29, 0.717) is 30.0 Å². The molecule has 0 aliphatic heterocycles. The fraction of sp³-hybridized carbons (Fsp3) is 0.364. The van der Waals surface area contributed by atoms with Gasteiger partial charge in [0.05, 0.1) is 28.5 Å². The smallest absolute Gasteiger partial charge is 0.363 e. The first kappa shape index (κ1) is 21.7. The normalized spacial score (nSPS) is 15.9. The maximum absolute atomic E-state index is 14.6. The molecule has 1 aliphatic rings. The molecule has 3 aromatic rings. The lowest BCUT2D eigenvalue weighted by molar-refractivity contribution is -0.140. The highest BCUT2D eigenvalue weighted by Gasteiger charge is 2.47. The Labute approximate surface area is 180 Å². The molecular weight excluding hydrogens is 426 g/mol. The van der Waals surface area contributed by atoms with Gasteiger partial charge in [-0.3, -0.25) is 4.79 Å². The van der Waals surface area contributed by atoms with E-state index in [2.05, 4.69) is 21.4 Å². The summed E-state index contributed by atoms with van der Waals surface area (Å²) in [6.45, 7) is 3.08.